The molecule has 0 bridgehead atoms. The molecule has 0 atom stereocenters. The molecule has 1 saturated carbocycles. The zero-order valence-electron chi connectivity index (χ0n) is 14.8. The van der Waals surface area contributed by atoms with Crippen molar-refractivity contribution in [2.24, 2.45) is 0 Å². The fraction of sp³-hybridized carbons (Fsp3) is 0.579. The van der Waals surface area contributed by atoms with E-state index >= 15 is 0 Å². The van der Waals surface area contributed by atoms with E-state index in [9.17, 15) is 4.79 Å². The summed E-state index contributed by atoms with van der Waals surface area (Å²) >= 11 is 1.76. The first-order valence-corrected chi connectivity index (χ1v) is 10.2. The van der Waals surface area contributed by atoms with Gasteiger partial charge in [-0.3, -0.25) is 0 Å². The maximum Gasteiger partial charge on any atom is 0.317 e. The van der Waals surface area contributed by atoms with E-state index in [1.165, 1.54) is 23.1 Å². The number of thiazole rings is 1. The molecular weight excluding hydrogens is 332 g/mol. The molecule has 2 amide bonds. The number of nitrogens with one attached hydrogen (secondary N) is 1. The van der Waals surface area contributed by atoms with Gasteiger partial charge in [-0.25, -0.2) is 9.78 Å². The molecule has 2 fully saturated rings. The molecule has 2 heterocycles. The summed E-state index contributed by atoms with van der Waals surface area (Å²) in [6.45, 7) is 5.44. The van der Waals surface area contributed by atoms with Crippen LogP contribution in [0.1, 0.15) is 38.2 Å². The number of hydrogen-bond donors (Lipinski definition) is 1. The number of hydrogen-bond acceptors (Lipinski definition) is 4. The number of urea groups is 1. The molecule has 0 unspecified atom stereocenters. The Balaban J connectivity index is 1.39. The number of aromatic nitrogens is 1. The van der Waals surface area contributed by atoms with Gasteiger partial charge in [0, 0.05) is 32.2 Å². The van der Waals surface area contributed by atoms with Gasteiger partial charge in [-0.1, -0.05) is 43.2 Å². The molecule has 1 saturated heterocycles. The summed E-state index contributed by atoms with van der Waals surface area (Å²) in [5, 5.41) is 4.28. The third-order valence-electron chi connectivity index (χ3n) is 5.39. The van der Waals surface area contributed by atoms with Crippen LogP contribution < -0.4 is 10.2 Å². The Morgan fingerprint density at radius 3 is 2.72 bits per heavy atom. The standard InChI is InChI=1S/C19H26N4OS/c1-2-14-6-5-9-16-17(14)21-19(25-16)23-12-10-22(11-13-23)18(24)20-15-7-3-4-8-15/h5-6,9,15H,2-4,7-8,10-13H2,1H3,(H,20,24). The molecular formula is C19H26N4OS. The summed E-state index contributed by atoms with van der Waals surface area (Å²) in [5.74, 6) is 0. The number of para-hydroxylation sites is 1. The number of rotatable bonds is 3. The number of amides is 2. The molecule has 5 nitrogen and oxygen atoms in total. The number of benzene rings is 1. The molecule has 1 aliphatic carbocycles. The van der Waals surface area contributed by atoms with Crippen LogP contribution in [0.5, 0.6) is 0 Å². The van der Waals surface area contributed by atoms with Gasteiger partial charge in [0.1, 0.15) is 0 Å². The Kier molecular flexibility index (Phi) is 4.79. The molecule has 2 aromatic rings. The fourth-order valence-corrected chi connectivity index (χ4v) is 4.92. The van der Waals surface area contributed by atoms with Crippen molar-refractivity contribution in [3.05, 3.63) is 23.8 Å². The summed E-state index contributed by atoms with van der Waals surface area (Å²) in [4.78, 5) is 21.6. The molecule has 1 aromatic carbocycles. The second-order valence-electron chi connectivity index (χ2n) is 7.02. The van der Waals surface area contributed by atoms with E-state index in [2.05, 4.69) is 35.3 Å². The Labute approximate surface area is 153 Å². The Morgan fingerprint density at radius 2 is 2.00 bits per heavy atom. The van der Waals surface area contributed by atoms with E-state index in [1.54, 1.807) is 11.3 Å². The van der Waals surface area contributed by atoms with Gasteiger partial charge in [-0.15, -0.1) is 0 Å². The summed E-state index contributed by atoms with van der Waals surface area (Å²) < 4.78 is 1.26. The van der Waals surface area contributed by atoms with E-state index < -0.39 is 0 Å². The fourth-order valence-electron chi connectivity index (χ4n) is 3.85. The largest absolute Gasteiger partial charge is 0.345 e. The predicted octanol–water partition coefficient (Wildman–Crippen LogP) is 3.63. The van der Waals surface area contributed by atoms with Gasteiger partial charge >= 0.3 is 6.03 Å². The highest BCUT2D eigenvalue weighted by molar-refractivity contribution is 7.22. The van der Waals surface area contributed by atoms with Crippen LogP contribution in [0.15, 0.2) is 18.2 Å². The van der Waals surface area contributed by atoms with Crippen LogP contribution >= 0.6 is 11.3 Å². The van der Waals surface area contributed by atoms with E-state index in [1.807, 2.05) is 4.90 Å². The minimum atomic E-state index is 0.115. The predicted molar refractivity (Wildman–Crippen MR) is 104 cm³/mol. The number of carbonyl (C=O) groups is 1. The van der Waals surface area contributed by atoms with Gasteiger partial charge in [0.2, 0.25) is 0 Å². The van der Waals surface area contributed by atoms with Crippen LogP contribution in [0.25, 0.3) is 10.2 Å². The average Bonchev–Trinajstić information content (AvgIpc) is 3.30. The number of piperazine rings is 1. The minimum Gasteiger partial charge on any atom is -0.345 e. The van der Waals surface area contributed by atoms with Crippen LogP contribution in [0, 0.1) is 0 Å². The number of aryl methyl sites for hydroxylation is 1. The highest BCUT2D eigenvalue weighted by atomic mass is 32.1. The van der Waals surface area contributed by atoms with Crippen LogP contribution in [0.3, 0.4) is 0 Å². The Hall–Kier alpha value is -1.82. The normalized spacial score (nSPS) is 18.9. The highest BCUT2D eigenvalue weighted by Crippen LogP contribution is 2.31. The van der Waals surface area contributed by atoms with Crippen molar-refractivity contribution in [1.29, 1.82) is 0 Å². The molecule has 0 spiro atoms. The number of carbonyl (C=O) groups excluding carboxylic acids is 1. The smallest absolute Gasteiger partial charge is 0.317 e. The lowest BCUT2D eigenvalue weighted by Gasteiger charge is -2.35. The summed E-state index contributed by atoms with van der Waals surface area (Å²) in [7, 11) is 0. The SMILES string of the molecule is CCc1cccc2sc(N3CCN(C(=O)NC4CCCC4)CC3)nc12. The first kappa shape index (κ1) is 16.6. The number of nitrogens with zero attached hydrogens (tertiary/aromatic N) is 3. The van der Waals surface area contributed by atoms with Crippen molar-refractivity contribution in [3.63, 3.8) is 0 Å². The van der Waals surface area contributed by atoms with Crippen LogP contribution in [-0.2, 0) is 6.42 Å². The third-order valence-corrected chi connectivity index (χ3v) is 6.47. The molecule has 4 rings (SSSR count). The lowest BCUT2D eigenvalue weighted by molar-refractivity contribution is 0.190. The molecule has 2 aliphatic rings. The summed E-state index contributed by atoms with van der Waals surface area (Å²) in [6.07, 6.45) is 5.77. The van der Waals surface area contributed by atoms with Crippen LogP contribution in [-0.4, -0.2) is 48.1 Å². The first-order chi connectivity index (χ1) is 12.2. The molecule has 6 heteroatoms. The molecule has 134 valence electrons. The van der Waals surface area contributed by atoms with E-state index in [0.29, 0.717) is 6.04 Å². The van der Waals surface area contributed by atoms with Crippen molar-refractivity contribution >= 4 is 32.7 Å². The number of fused-ring (bicyclic) bond motifs is 1. The topological polar surface area (TPSA) is 48.5 Å². The van der Waals surface area contributed by atoms with Crippen LogP contribution in [0.2, 0.25) is 0 Å². The second kappa shape index (κ2) is 7.20. The molecule has 1 aliphatic heterocycles. The molecule has 0 radical (unpaired) electrons. The molecule has 25 heavy (non-hydrogen) atoms. The quantitative estimate of drug-likeness (QED) is 0.911. The second-order valence-corrected chi connectivity index (χ2v) is 8.03. The minimum absolute atomic E-state index is 0.115. The monoisotopic (exact) mass is 358 g/mol. The number of anilines is 1. The van der Waals surface area contributed by atoms with E-state index in [0.717, 1.165) is 56.1 Å². The Bertz CT molecular complexity index is 745. The van der Waals surface area contributed by atoms with Gasteiger partial charge in [-0.05, 0) is 30.9 Å². The molecule has 1 N–H and O–H groups in total. The average molecular weight is 359 g/mol. The van der Waals surface area contributed by atoms with Gasteiger partial charge in [-0.2, -0.15) is 0 Å². The summed E-state index contributed by atoms with van der Waals surface area (Å²) in [6, 6.07) is 6.94. The highest BCUT2D eigenvalue weighted by Gasteiger charge is 2.25. The summed E-state index contributed by atoms with van der Waals surface area (Å²) in [5.41, 5.74) is 2.46. The first-order valence-electron chi connectivity index (χ1n) is 9.43. The third kappa shape index (κ3) is 3.45. The van der Waals surface area contributed by atoms with E-state index in [-0.39, 0.29) is 6.03 Å². The van der Waals surface area contributed by atoms with Gasteiger partial charge in [0.25, 0.3) is 0 Å². The lowest BCUT2D eigenvalue weighted by atomic mass is 10.1. The van der Waals surface area contributed by atoms with Crippen LogP contribution in [0.4, 0.5) is 9.93 Å². The Morgan fingerprint density at radius 1 is 1.24 bits per heavy atom. The molecule has 1 aromatic heterocycles. The van der Waals surface area contributed by atoms with Gasteiger partial charge in [0.05, 0.1) is 10.2 Å². The maximum atomic E-state index is 12.4. The lowest BCUT2D eigenvalue weighted by Crippen LogP contribution is -2.53. The van der Waals surface area contributed by atoms with Crippen molar-refractivity contribution in [1.82, 2.24) is 15.2 Å². The maximum absolute atomic E-state index is 12.4. The zero-order chi connectivity index (χ0) is 17.2. The van der Waals surface area contributed by atoms with Gasteiger partial charge < -0.3 is 15.1 Å². The van der Waals surface area contributed by atoms with Crippen molar-refractivity contribution in [3.8, 4) is 0 Å². The van der Waals surface area contributed by atoms with Crippen molar-refractivity contribution < 1.29 is 4.79 Å². The van der Waals surface area contributed by atoms with Crippen molar-refractivity contribution in [2.45, 2.75) is 45.1 Å². The van der Waals surface area contributed by atoms with Crippen molar-refractivity contribution in [2.75, 3.05) is 31.1 Å². The zero-order valence-corrected chi connectivity index (χ0v) is 15.6. The van der Waals surface area contributed by atoms with Gasteiger partial charge in [0.15, 0.2) is 5.13 Å². The van der Waals surface area contributed by atoms with E-state index in [4.69, 9.17) is 4.98 Å².